The number of nitrogens with zero attached hydrogens (tertiary/aromatic N) is 3. The predicted octanol–water partition coefficient (Wildman–Crippen LogP) is -0.0900. The fraction of sp³-hybridized carbons (Fsp3) is 0.500. The van der Waals surface area contributed by atoms with Gasteiger partial charge < -0.3 is 4.74 Å². The molecule has 2 rings (SSSR count). The number of rotatable bonds is 4. The third-order valence-electron chi connectivity index (χ3n) is 2.99. The molecule has 0 aliphatic carbocycles. The van der Waals surface area contributed by atoms with Crippen molar-refractivity contribution in [2.24, 2.45) is 5.92 Å². The summed E-state index contributed by atoms with van der Waals surface area (Å²) in [5.74, 6) is -0.243. The van der Waals surface area contributed by atoms with Gasteiger partial charge in [0.05, 0.1) is 19.6 Å². The Labute approximate surface area is 111 Å². The van der Waals surface area contributed by atoms with Gasteiger partial charge in [-0.3, -0.25) is 19.8 Å². The van der Waals surface area contributed by atoms with Crippen LogP contribution >= 0.6 is 0 Å². The summed E-state index contributed by atoms with van der Waals surface area (Å²) in [6, 6.07) is 1.68. The molecule has 1 aliphatic heterocycles. The predicted molar refractivity (Wildman–Crippen MR) is 67.2 cm³/mol. The highest BCUT2D eigenvalue weighted by Gasteiger charge is 2.29. The summed E-state index contributed by atoms with van der Waals surface area (Å²) in [5, 5.41) is 2.61. The average Bonchev–Trinajstić information content (AvgIpc) is 2.87. The average molecular weight is 264 g/mol. The third-order valence-corrected chi connectivity index (χ3v) is 2.99. The van der Waals surface area contributed by atoms with Crippen molar-refractivity contribution < 1.29 is 14.3 Å². The molecular formula is C12H16N4O3. The number of carbonyl (C=O) groups is 2. The van der Waals surface area contributed by atoms with Gasteiger partial charge in [-0.1, -0.05) is 0 Å². The van der Waals surface area contributed by atoms with Crippen LogP contribution in [0.5, 0.6) is 0 Å². The fourth-order valence-electron chi connectivity index (χ4n) is 2.07. The van der Waals surface area contributed by atoms with E-state index in [1.165, 1.54) is 7.11 Å². The summed E-state index contributed by atoms with van der Waals surface area (Å²) in [4.78, 5) is 32.9. The molecule has 2 heterocycles. The Bertz CT molecular complexity index is 452. The van der Waals surface area contributed by atoms with Gasteiger partial charge in [-0.05, 0) is 19.0 Å². The molecule has 0 radical (unpaired) electrons. The highest BCUT2D eigenvalue weighted by atomic mass is 16.5. The Kier molecular flexibility index (Phi) is 4.40. The van der Waals surface area contributed by atoms with E-state index in [0.29, 0.717) is 13.1 Å². The van der Waals surface area contributed by atoms with Gasteiger partial charge in [0.1, 0.15) is 0 Å². The van der Waals surface area contributed by atoms with Crippen molar-refractivity contribution in [1.82, 2.24) is 14.9 Å². The minimum absolute atomic E-state index is 0.134. The number of hydrogen-bond donors (Lipinski definition) is 1. The summed E-state index contributed by atoms with van der Waals surface area (Å²) in [7, 11) is 1.38. The molecule has 19 heavy (non-hydrogen) atoms. The summed E-state index contributed by atoms with van der Waals surface area (Å²) < 4.78 is 4.70. The molecule has 0 spiro atoms. The quantitative estimate of drug-likeness (QED) is 0.765. The number of carbonyl (C=O) groups excluding carboxylic acids is 2. The lowest BCUT2D eigenvalue weighted by Gasteiger charge is -2.14. The largest absolute Gasteiger partial charge is 0.469 e. The van der Waals surface area contributed by atoms with E-state index in [2.05, 4.69) is 15.3 Å². The zero-order chi connectivity index (χ0) is 13.7. The minimum atomic E-state index is -0.214. The van der Waals surface area contributed by atoms with Crippen LogP contribution < -0.4 is 5.32 Å². The molecule has 1 saturated heterocycles. The minimum Gasteiger partial charge on any atom is -0.469 e. The van der Waals surface area contributed by atoms with Crippen LogP contribution in [0.15, 0.2) is 18.5 Å². The summed E-state index contributed by atoms with van der Waals surface area (Å²) in [6.07, 6.45) is 3.85. The van der Waals surface area contributed by atoms with Crippen molar-refractivity contribution in [3.05, 3.63) is 18.5 Å². The van der Waals surface area contributed by atoms with Crippen molar-refractivity contribution in [3.8, 4) is 0 Å². The van der Waals surface area contributed by atoms with Crippen LogP contribution in [0, 0.1) is 5.92 Å². The molecule has 1 unspecified atom stereocenters. The summed E-state index contributed by atoms with van der Waals surface area (Å²) in [5.41, 5.74) is 0. The molecule has 1 N–H and O–H groups in total. The molecule has 1 aliphatic rings. The van der Waals surface area contributed by atoms with Gasteiger partial charge in [-0.15, -0.1) is 0 Å². The van der Waals surface area contributed by atoms with Gasteiger partial charge in [0.25, 0.3) is 0 Å². The molecule has 0 bridgehead atoms. The van der Waals surface area contributed by atoms with Gasteiger partial charge >= 0.3 is 5.97 Å². The van der Waals surface area contributed by atoms with E-state index < -0.39 is 0 Å². The first-order valence-electron chi connectivity index (χ1n) is 6.06. The van der Waals surface area contributed by atoms with Crippen molar-refractivity contribution in [2.45, 2.75) is 6.42 Å². The normalized spacial score (nSPS) is 19.1. The number of methoxy groups -OCH3 is 1. The highest BCUT2D eigenvalue weighted by molar-refractivity contribution is 5.90. The lowest BCUT2D eigenvalue weighted by Crippen LogP contribution is -2.32. The van der Waals surface area contributed by atoms with Gasteiger partial charge in [-0.25, -0.2) is 9.97 Å². The molecule has 1 aromatic heterocycles. The van der Waals surface area contributed by atoms with E-state index >= 15 is 0 Å². The Balaban J connectivity index is 1.79. The molecule has 1 fully saturated rings. The molecular weight excluding hydrogens is 248 g/mol. The maximum Gasteiger partial charge on any atom is 0.310 e. The van der Waals surface area contributed by atoms with Crippen molar-refractivity contribution >= 4 is 17.8 Å². The van der Waals surface area contributed by atoms with Crippen molar-refractivity contribution in [1.29, 1.82) is 0 Å². The molecule has 1 amide bonds. The smallest absolute Gasteiger partial charge is 0.310 e. The molecule has 1 atom stereocenters. The van der Waals surface area contributed by atoms with Crippen molar-refractivity contribution in [3.63, 3.8) is 0 Å². The van der Waals surface area contributed by atoms with Crippen LogP contribution in [-0.4, -0.2) is 53.5 Å². The monoisotopic (exact) mass is 264 g/mol. The first-order valence-corrected chi connectivity index (χ1v) is 6.06. The lowest BCUT2D eigenvalue weighted by molar-refractivity contribution is -0.145. The zero-order valence-corrected chi connectivity index (χ0v) is 10.7. The number of hydrogen-bond acceptors (Lipinski definition) is 6. The Hall–Kier alpha value is -2.02. The zero-order valence-electron chi connectivity index (χ0n) is 10.7. The molecule has 102 valence electrons. The van der Waals surface area contributed by atoms with Crippen LogP contribution in [0.4, 0.5) is 5.95 Å². The Morgan fingerprint density at radius 1 is 1.47 bits per heavy atom. The first kappa shape index (κ1) is 13.4. The molecule has 0 saturated carbocycles. The topological polar surface area (TPSA) is 84.4 Å². The maximum absolute atomic E-state index is 11.8. The first-order chi connectivity index (χ1) is 9.19. The standard InChI is InChI=1S/C12H16N4O3/c1-19-11(18)9-3-6-16(7-9)8-10(17)15-12-13-4-2-5-14-12/h2,4-5,9H,3,6-8H2,1H3,(H,13,14,15,17). The molecule has 0 aromatic carbocycles. The molecule has 1 aromatic rings. The third kappa shape index (κ3) is 3.72. The number of amides is 1. The number of nitrogens with one attached hydrogen (secondary N) is 1. The maximum atomic E-state index is 11.8. The van der Waals surface area contributed by atoms with Gasteiger partial charge in [0, 0.05) is 18.9 Å². The van der Waals surface area contributed by atoms with Gasteiger partial charge in [0.15, 0.2) is 0 Å². The van der Waals surface area contributed by atoms with E-state index in [1.807, 2.05) is 4.90 Å². The number of likely N-dealkylation sites (tertiary alicyclic amines) is 1. The van der Waals surface area contributed by atoms with Crippen LogP contribution in [0.3, 0.4) is 0 Å². The van der Waals surface area contributed by atoms with Gasteiger partial charge in [0.2, 0.25) is 11.9 Å². The molecule has 7 nitrogen and oxygen atoms in total. The summed E-state index contributed by atoms with van der Waals surface area (Å²) >= 11 is 0. The number of ether oxygens (including phenoxy) is 1. The van der Waals surface area contributed by atoms with E-state index in [1.54, 1.807) is 18.5 Å². The number of aromatic nitrogens is 2. The number of anilines is 1. The van der Waals surface area contributed by atoms with Crippen molar-refractivity contribution in [2.75, 3.05) is 32.1 Å². The second kappa shape index (κ2) is 6.24. The van der Waals surface area contributed by atoms with Crippen LogP contribution in [-0.2, 0) is 14.3 Å². The SMILES string of the molecule is COC(=O)C1CCN(CC(=O)Nc2ncccn2)C1. The van der Waals surface area contributed by atoms with E-state index in [0.717, 1.165) is 6.42 Å². The highest BCUT2D eigenvalue weighted by Crippen LogP contribution is 2.16. The van der Waals surface area contributed by atoms with E-state index in [4.69, 9.17) is 4.74 Å². The van der Waals surface area contributed by atoms with Crippen LogP contribution in [0.25, 0.3) is 0 Å². The molecule has 7 heteroatoms. The second-order valence-electron chi connectivity index (χ2n) is 4.36. The van der Waals surface area contributed by atoms with Gasteiger partial charge in [-0.2, -0.15) is 0 Å². The fourth-order valence-corrected chi connectivity index (χ4v) is 2.07. The van der Waals surface area contributed by atoms with E-state index in [9.17, 15) is 9.59 Å². The van der Waals surface area contributed by atoms with Crippen LogP contribution in [0.1, 0.15) is 6.42 Å². The van der Waals surface area contributed by atoms with E-state index in [-0.39, 0.29) is 30.3 Å². The summed E-state index contributed by atoms with van der Waals surface area (Å²) in [6.45, 7) is 1.49. The second-order valence-corrected chi connectivity index (χ2v) is 4.36. The van der Waals surface area contributed by atoms with Crippen LogP contribution in [0.2, 0.25) is 0 Å². The number of esters is 1. The lowest BCUT2D eigenvalue weighted by atomic mass is 10.1. The Morgan fingerprint density at radius 3 is 2.89 bits per heavy atom. The Morgan fingerprint density at radius 2 is 2.21 bits per heavy atom.